The van der Waals surface area contributed by atoms with E-state index in [4.69, 9.17) is 32.1 Å². The Labute approximate surface area is 258 Å². The minimum Gasteiger partial charge on any atom is -0.497 e. The third kappa shape index (κ3) is 7.49. The number of benzene rings is 3. The number of fused-ring (bicyclic) bond motifs is 1. The fraction of sp³-hybridized carbons (Fsp3) is 0.419. The molecule has 0 N–H and O–H groups in total. The van der Waals surface area contributed by atoms with Crippen LogP contribution in [0.4, 0.5) is 0 Å². The van der Waals surface area contributed by atoms with Crippen LogP contribution in [0.5, 0.6) is 5.75 Å². The van der Waals surface area contributed by atoms with Gasteiger partial charge in [0.2, 0.25) is 0 Å². The molecule has 0 saturated carbocycles. The van der Waals surface area contributed by atoms with Crippen LogP contribution in [-0.4, -0.2) is 67.0 Å². The van der Waals surface area contributed by atoms with Gasteiger partial charge in [0, 0.05) is 0 Å². The topological polar surface area (TPSA) is 133 Å². The summed E-state index contributed by atoms with van der Waals surface area (Å²) in [5.41, 5.74) is 2.51. The molecule has 2 aliphatic rings. The molecule has 2 saturated heterocycles. The number of hydrogen-bond donors (Lipinski definition) is 0. The van der Waals surface area contributed by atoms with E-state index >= 15 is 0 Å². The van der Waals surface area contributed by atoms with Crippen LogP contribution in [0.1, 0.15) is 30.5 Å². The zero-order valence-electron chi connectivity index (χ0n) is 25.0. The van der Waals surface area contributed by atoms with E-state index < -0.39 is 63.3 Å². The number of aryl methyl sites for hydroxylation is 2. The van der Waals surface area contributed by atoms with E-state index in [-0.39, 0.29) is 16.4 Å². The van der Waals surface area contributed by atoms with Crippen molar-refractivity contribution in [2.45, 2.75) is 80.6 Å². The molecule has 238 valence electrons. The maximum atomic E-state index is 13.4. The molecule has 2 heterocycles. The molecule has 3 aromatic rings. The van der Waals surface area contributed by atoms with Gasteiger partial charge >= 0.3 is 0 Å². The summed E-state index contributed by atoms with van der Waals surface area (Å²) in [7, 11) is -7.13. The molecule has 0 radical (unpaired) electrons. The lowest BCUT2D eigenvalue weighted by molar-refractivity contribution is -0.229. The number of rotatable bonds is 12. The smallest absolute Gasteiger partial charge is 0.297 e. The number of hydrogen-bond acceptors (Lipinski definition) is 11. The highest BCUT2D eigenvalue weighted by Gasteiger charge is 2.58. The van der Waals surface area contributed by atoms with E-state index in [9.17, 15) is 16.8 Å². The first-order chi connectivity index (χ1) is 20.8. The van der Waals surface area contributed by atoms with Gasteiger partial charge in [0.1, 0.15) is 30.2 Å². The summed E-state index contributed by atoms with van der Waals surface area (Å²) in [5, 5.41) is 0. The molecule has 0 amide bonds. The first kappa shape index (κ1) is 32.5. The van der Waals surface area contributed by atoms with Gasteiger partial charge < -0.3 is 23.7 Å². The van der Waals surface area contributed by atoms with Crippen molar-refractivity contribution in [3.8, 4) is 5.75 Å². The molecule has 0 unspecified atom stereocenters. The molecule has 2 fully saturated rings. The Morgan fingerprint density at radius 2 is 1.36 bits per heavy atom. The first-order valence-corrected chi connectivity index (χ1v) is 16.8. The normalized spacial score (nSPS) is 23.8. The van der Waals surface area contributed by atoms with Crippen LogP contribution in [0.15, 0.2) is 82.6 Å². The van der Waals surface area contributed by atoms with E-state index in [1.807, 2.05) is 26.0 Å². The highest BCUT2D eigenvalue weighted by molar-refractivity contribution is 7.87. The van der Waals surface area contributed by atoms with Crippen LogP contribution in [0.25, 0.3) is 0 Å². The fourth-order valence-electron chi connectivity index (χ4n) is 4.94. The second-order valence-electron chi connectivity index (χ2n) is 11.1. The summed E-state index contributed by atoms with van der Waals surface area (Å²) in [6.07, 6.45) is -5.25. The monoisotopic (exact) mass is 648 g/mol. The largest absolute Gasteiger partial charge is 0.497 e. The predicted octanol–water partition coefficient (Wildman–Crippen LogP) is 4.25. The number of ether oxygens (including phenoxy) is 5. The molecule has 3 aromatic carbocycles. The van der Waals surface area contributed by atoms with Crippen molar-refractivity contribution in [3.63, 3.8) is 0 Å². The van der Waals surface area contributed by atoms with Gasteiger partial charge in [-0.2, -0.15) is 16.8 Å². The molecular weight excluding hydrogens is 612 g/mol. The van der Waals surface area contributed by atoms with Crippen molar-refractivity contribution < 1.29 is 48.9 Å². The first-order valence-electron chi connectivity index (χ1n) is 14.0. The molecule has 5 rings (SSSR count). The van der Waals surface area contributed by atoms with Gasteiger partial charge in [-0.05, 0) is 69.7 Å². The summed E-state index contributed by atoms with van der Waals surface area (Å²) >= 11 is 0. The molecule has 0 bridgehead atoms. The van der Waals surface area contributed by atoms with Crippen molar-refractivity contribution in [2.75, 3.05) is 13.7 Å². The minimum atomic E-state index is -4.40. The van der Waals surface area contributed by atoms with Gasteiger partial charge in [-0.25, -0.2) is 0 Å². The third-order valence-corrected chi connectivity index (χ3v) is 9.90. The van der Waals surface area contributed by atoms with Crippen LogP contribution < -0.4 is 4.74 Å². The van der Waals surface area contributed by atoms with E-state index in [1.54, 1.807) is 57.4 Å². The maximum Gasteiger partial charge on any atom is 0.297 e. The Morgan fingerprint density at radius 3 is 1.93 bits per heavy atom. The molecule has 0 spiro atoms. The van der Waals surface area contributed by atoms with Gasteiger partial charge in [-0.3, -0.25) is 8.37 Å². The second-order valence-corrected chi connectivity index (χ2v) is 14.3. The summed E-state index contributed by atoms with van der Waals surface area (Å²) < 4.78 is 93.8. The van der Waals surface area contributed by atoms with Crippen molar-refractivity contribution in [3.05, 3.63) is 89.5 Å². The second kappa shape index (κ2) is 12.9. The average molecular weight is 649 g/mol. The fourth-order valence-corrected chi connectivity index (χ4v) is 6.93. The minimum absolute atomic E-state index is 0.0897. The molecule has 0 aliphatic carbocycles. The van der Waals surface area contributed by atoms with Crippen molar-refractivity contribution in [2.24, 2.45) is 0 Å². The van der Waals surface area contributed by atoms with Crippen molar-refractivity contribution in [1.29, 1.82) is 0 Å². The van der Waals surface area contributed by atoms with Crippen LogP contribution in [0.2, 0.25) is 0 Å². The summed E-state index contributed by atoms with van der Waals surface area (Å²) in [4.78, 5) is -0.204. The van der Waals surface area contributed by atoms with Gasteiger partial charge in [0.25, 0.3) is 20.2 Å². The summed E-state index contributed by atoms with van der Waals surface area (Å²) in [6, 6.07) is 19.4. The maximum absolute atomic E-state index is 13.4. The standard InChI is InChI=1S/C31H36O11S2/c1-20-6-14-24(15-7-20)43(32,33)38-19-26(42-44(34,35)25-16-8-21(2)9-17-25)27-28(29-30(39-27)41-31(3,4)40-29)37-18-22-10-12-23(36-5)13-11-22/h6-17,26-30H,18-19H2,1-5H3/t26-,27-,28-,29+,30-/m1/s1. The summed E-state index contributed by atoms with van der Waals surface area (Å²) in [5.74, 6) is -0.329. The van der Waals surface area contributed by atoms with Crippen molar-refractivity contribution in [1.82, 2.24) is 0 Å². The SMILES string of the molecule is COc1ccc(CO[C@H]2[C@@H]3OC(C)(C)O[C@H]3O[C@@H]2[C@@H](COS(=O)(=O)c2ccc(C)cc2)OS(=O)(=O)c2ccc(C)cc2)cc1. The van der Waals surface area contributed by atoms with Gasteiger partial charge in [-0.1, -0.05) is 47.5 Å². The van der Waals surface area contributed by atoms with E-state index in [0.29, 0.717) is 5.75 Å². The average Bonchev–Trinajstić information content (AvgIpc) is 3.46. The zero-order valence-corrected chi connectivity index (χ0v) is 26.7. The van der Waals surface area contributed by atoms with Gasteiger partial charge in [-0.15, -0.1) is 0 Å². The predicted molar refractivity (Wildman–Crippen MR) is 158 cm³/mol. The molecular formula is C31H36O11S2. The highest BCUT2D eigenvalue weighted by atomic mass is 32.2. The van der Waals surface area contributed by atoms with Crippen molar-refractivity contribution >= 4 is 20.2 Å². The Bertz CT molecular complexity index is 1640. The lowest BCUT2D eigenvalue weighted by atomic mass is 10.1. The Kier molecular flexibility index (Phi) is 9.50. The highest BCUT2D eigenvalue weighted by Crippen LogP contribution is 2.41. The Hall–Kier alpha value is -2.88. The third-order valence-electron chi connectivity index (χ3n) is 7.25. The molecule has 2 aliphatic heterocycles. The Balaban J connectivity index is 1.44. The van der Waals surface area contributed by atoms with Gasteiger partial charge in [0.15, 0.2) is 12.1 Å². The lowest BCUT2D eigenvalue weighted by Crippen LogP contribution is -2.46. The Morgan fingerprint density at radius 1 is 0.795 bits per heavy atom. The van der Waals surface area contributed by atoms with Crippen LogP contribution in [-0.2, 0) is 54.2 Å². The molecule has 44 heavy (non-hydrogen) atoms. The van der Waals surface area contributed by atoms with Crippen LogP contribution in [0, 0.1) is 13.8 Å². The molecule has 5 atom stereocenters. The van der Waals surface area contributed by atoms with E-state index in [0.717, 1.165) is 16.7 Å². The molecule has 0 aromatic heterocycles. The molecule has 13 heteroatoms. The van der Waals surface area contributed by atoms with E-state index in [2.05, 4.69) is 0 Å². The molecule has 11 nitrogen and oxygen atoms in total. The van der Waals surface area contributed by atoms with Gasteiger partial charge in [0.05, 0.1) is 30.1 Å². The number of methoxy groups -OCH3 is 1. The zero-order chi connectivity index (χ0) is 31.7. The van der Waals surface area contributed by atoms with E-state index in [1.165, 1.54) is 24.3 Å². The van der Waals surface area contributed by atoms with Crippen LogP contribution in [0.3, 0.4) is 0 Å². The lowest BCUT2D eigenvalue weighted by Gasteiger charge is -2.30. The summed E-state index contributed by atoms with van der Waals surface area (Å²) in [6.45, 7) is 6.48. The quantitative estimate of drug-likeness (QED) is 0.261. The van der Waals surface area contributed by atoms with Crippen LogP contribution >= 0.6 is 0 Å².